The summed E-state index contributed by atoms with van der Waals surface area (Å²) in [5.41, 5.74) is 10.6. The Hall–Kier alpha value is -4.13. The predicted octanol–water partition coefficient (Wildman–Crippen LogP) is 1.36. The summed E-state index contributed by atoms with van der Waals surface area (Å²) in [6.07, 6.45) is 0. The third-order valence-electron chi connectivity index (χ3n) is 4.87. The number of aryl methyl sites for hydroxylation is 1. The number of hydrogen-bond acceptors (Lipinski definition) is 6. The van der Waals surface area contributed by atoms with Crippen molar-refractivity contribution >= 4 is 38.3 Å². The quantitative estimate of drug-likeness (QED) is 0.134. The number of carbonyl (C=O) groups is 1. The van der Waals surface area contributed by atoms with Gasteiger partial charge in [-0.2, -0.15) is 0 Å². The van der Waals surface area contributed by atoms with Crippen molar-refractivity contribution in [3.8, 4) is 0 Å². The molecular weight excluding hydrogens is 491 g/mol. The number of oxime groups is 1. The van der Waals surface area contributed by atoms with Gasteiger partial charge in [-0.3, -0.25) is 19.0 Å². The first-order valence-electron chi connectivity index (χ1n) is 10.7. The van der Waals surface area contributed by atoms with Gasteiger partial charge in [-0.05, 0) is 40.5 Å². The van der Waals surface area contributed by atoms with Crippen molar-refractivity contribution < 1.29 is 22.8 Å². The number of aromatic nitrogens is 1. The monoisotopic (exact) mass is 524 g/mol. The Morgan fingerprint density at radius 2 is 1.83 bits per heavy atom. The van der Waals surface area contributed by atoms with Crippen LogP contribution in [0.25, 0.3) is 10.8 Å². The highest BCUT2D eigenvalue weighted by Gasteiger charge is 2.17. The summed E-state index contributed by atoms with van der Waals surface area (Å²) in [5.74, 6) is -1.01. The number of anilines is 1. The molecule has 0 aliphatic heterocycles. The molecule has 6 N–H and O–H groups in total. The second-order valence-electron chi connectivity index (χ2n) is 7.48. The molecule has 13 heteroatoms. The van der Waals surface area contributed by atoms with Crippen LogP contribution in [0.3, 0.4) is 0 Å². The zero-order valence-corrected chi connectivity index (χ0v) is 19.7. The number of guanidine groups is 1. The molecule has 0 atom stereocenters. The smallest absolute Gasteiger partial charge is 0.275 e. The number of benzene rings is 2. The summed E-state index contributed by atoms with van der Waals surface area (Å²) >= 11 is 0. The fourth-order valence-corrected chi connectivity index (χ4v) is 4.55. The van der Waals surface area contributed by atoms with Crippen LogP contribution in [0.15, 0.2) is 64.5 Å². The van der Waals surface area contributed by atoms with E-state index in [1.54, 1.807) is 25.1 Å². The van der Waals surface area contributed by atoms with E-state index in [9.17, 15) is 18.0 Å². The van der Waals surface area contributed by atoms with Crippen LogP contribution in [0, 0.1) is 6.92 Å². The molecule has 0 unspecified atom stereocenters. The number of nitrogens with two attached hydrogens (primary N) is 2. The Bertz CT molecular complexity index is 1390. The maximum atomic E-state index is 12.9. The Balaban J connectivity index is 0.00000223. The van der Waals surface area contributed by atoms with Crippen LogP contribution in [0.5, 0.6) is 0 Å². The van der Waals surface area contributed by atoms with E-state index in [0.717, 1.165) is 10.8 Å². The van der Waals surface area contributed by atoms with Crippen LogP contribution in [0.1, 0.15) is 18.7 Å². The van der Waals surface area contributed by atoms with Gasteiger partial charge >= 0.3 is 0 Å². The van der Waals surface area contributed by atoms with Crippen molar-refractivity contribution in [1.82, 2.24) is 9.88 Å². The van der Waals surface area contributed by atoms with Gasteiger partial charge in [-0.15, -0.1) is 0 Å². The second kappa shape index (κ2) is 13.1. The van der Waals surface area contributed by atoms with Gasteiger partial charge in [0.2, 0.25) is 21.9 Å². The molecule has 196 valence electrons. The molecule has 3 rings (SSSR count). The van der Waals surface area contributed by atoms with Gasteiger partial charge in [0.25, 0.3) is 7.01 Å². The number of rotatable bonds is 10. The second-order valence-corrected chi connectivity index (χ2v) is 9.20. The molecular formula is C23H31FN6O5S. The summed E-state index contributed by atoms with van der Waals surface area (Å²) in [5, 5.41) is 7.63. The summed E-state index contributed by atoms with van der Waals surface area (Å²) in [7, 11) is -3.90. The lowest BCUT2D eigenvalue weighted by Crippen LogP contribution is -2.36. The molecule has 0 saturated heterocycles. The van der Waals surface area contributed by atoms with E-state index in [1.165, 1.54) is 10.6 Å². The Morgan fingerprint density at radius 3 is 2.56 bits per heavy atom. The fourth-order valence-electron chi connectivity index (χ4n) is 3.33. The molecule has 1 heterocycles. The summed E-state index contributed by atoms with van der Waals surface area (Å²) in [6, 6.07) is 15.8. The number of nitrogens with zero attached hydrogens (tertiary/aromatic N) is 2. The molecule has 0 spiro atoms. The number of sulfonamides is 1. The molecule has 0 aliphatic rings. The normalized spacial score (nSPS) is 10.7. The van der Waals surface area contributed by atoms with Gasteiger partial charge in [0.1, 0.15) is 18.8 Å². The summed E-state index contributed by atoms with van der Waals surface area (Å²) < 4.78 is 42.2. The zero-order valence-electron chi connectivity index (χ0n) is 19.9. The highest BCUT2D eigenvalue weighted by Crippen LogP contribution is 2.21. The molecule has 36 heavy (non-hydrogen) atoms. The van der Waals surface area contributed by atoms with E-state index in [4.69, 9.17) is 21.0 Å². The molecule has 0 saturated carbocycles. The molecule has 0 bridgehead atoms. The van der Waals surface area contributed by atoms with Gasteiger partial charge < -0.3 is 26.2 Å². The lowest BCUT2D eigenvalue weighted by atomic mass is 10.1. The van der Waals surface area contributed by atoms with Crippen LogP contribution < -0.4 is 27.1 Å². The van der Waals surface area contributed by atoms with Crippen molar-refractivity contribution in [2.75, 3.05) is 17.9 Å². The first-order chi connectivity index (χ1) is 17.2. The molecule has 2 aromatic carbocycles. The highest BCUT2D eigenvalue weighted by atomic mass is 32.2. The SMILES string of the molecule is C.Cc1ccc(NS(=O)(=O)Cc2cccc3ccccc23)c(=O)n1CC(=O)NCCON=C(N)N.[3H]F. The summed E-state index contributed by atoms with van der Waals surface area (Å²) in [6.45, 7) is 1.49. The Labute approximate surface area is 210 Å². The van der Waals surface area contributed by atoms with Gasteiger partial charge in [-0.25, -0.2) is 8.42 Å². The average Bonchev–Trinajstić information content (AvgIpc) is 2.84. The number of amides is 1. The van der Waals surface area contributed by atoms with Gasteiger partial charge in [0, 0.05) is 5.69 Å². The lowest BCUT2D eigenvalue weighted by Gasteiger charge is -2.14. The molecule has 0 fully saturated rings. The molecule has 1 amide bonds. The third-order valence-corrected chi connectivity index (χ3v) is 6.09. The predicted molar refractivity (Wildman–Crippen MR) is 140 cm³/mol. The van der Waals surface area contributed by atoms with E-state index in [0.29, 0.717) is 11.3 Å². The first kappa shape index (κ1) is 28.1. The number of halogens is 1. The Kier molecular flexibility index (Phi) is 10.2. The number of nitrogens with one attached hydrogen (secondary N) is 2. The van der Waals surface area contributed by atoms with Crippen LogP contribution in [0.2, 0.25) is 0 Å². The minimum absolute atomic E-state index is 0. The fraction of sp³-hybridized carbons (Fsp3) is 0.261. The van der Waals surface area contributed by atoms with Crippen molar-refractivity contribution in [2.45, 2.75) is 26.6 Å². The van der Waals surface area contributed by atoms with Gasteiger partial charge in [0.05, 0.1) is 12.3 Å². The van der Waals surface area contributed by atoms with E-state index in [-0.39, 0.29) is 44.5 Å². The highest BCUT2D eigenvalue weighted by molar-refractivity contribution is 7.91. The first-order valence-corrected chi connectivity index (χ1v) is 12.0. The van der Waals surface area contributed by atoms with Crippen molar-refractivity contribution in [1.29, 1.82) is 1.45 Å². The van der Waals surface area contributed by atoms with Gasteiger partial charge in [0.15, 0.2) is 0 Å². The van der Waals surface area contributed by atoms with Crippen LogP contribution >= 0.6 is 0 Å². The zero-order chi connectivity index (χ0) is 26.7. The number of fused-ring (bicyclic) bond motifs is 1. The molecule has 3 aromatic rings. The average molecular weight is 525 g/mol. The lowest BCUT2D eigenvalue weighted by molar-refractivity contribution is -0.122. The van der Waals surface area contributed by atoms with Gasteiger partial charge in [-0.1, -0.05) is 49.9 Å². The summed E-state index contributed by atoms with van der Waals surface area (Å²) in [4.78, 5) is 29.9. The standard InChI is InChI=1S/C22H26N6O5S.CH4.FH/c1-15-9-10-19(21(30)28(15)13-20(29)25-11-12-33-26-22(23)24)27-34(31,32)14-17-7-4-6-16-5-2-3-8-18(16)17;;/h2-10,27H,11-14H2,1H3,(H,25,29)(H4,23,24,26);1H4;1H/i/hT. The maximum absolute atomic E-state index is 12.9. The largest absolute Gasteiger partial charge is 0.391 e. The number of hydrogen-bond donors (Lipinski definition) is 4. The maximum Gasteiger partial charge on any atom is 0.275 e. The van der Waals surface area contributed by atoms with E-state index in [1.807, 2.05) is 30.3 Å². The molecule has 0 aliphatic carbocycles. The number of pyridine rings is 1. The van der Waals surface area contributed by atoms with Crippen molar-refractivity contribution in [3.05, 3.63) is 76.2 Å². The minimum atomic E-state index is -3.90. The van der Waals surface area contributed by atoms with E-state index >= 15 is 0 Å². The van der Waals surface area contributed by atoms with Crippen LogP contribution in [-0.4, -0.2) is 39.5 Å². The van der Waals surface area contributed by atoms with Crippen molar-refractivity contribution in [2.24, 2.45) is 16.6 Å². The topological polar surface area (TPSA) is 171 Å². The van der Waals surface area contributed by atoms with E-state index in [2.05, 4.69) is 16.6 Å². The third kappa shape index (κ3) is 7.98. The van der Waals surface area contributed by atoms with E-state index < -0.39 is 21.5 Å². The van der Waals surface area contributed by atoms with Crippen LogP contribution in [0.4, 0.5) is 10.4 Å². The Morgan fingerprint density at radius 1 is 1.14 bits per heavy atom. The van der Waals surface area contributed by atoms with Crippen LogP contribution in [-0.2, 0) is 32.0 Å². The molecule has 1 aromatic heterocycles. The van der Waals surface area contributed by atoms with Crippen molar-refractivity contribution in [3.63, 3.8) is 0 Å². The number of carbonyl (C=O) groups excluding carboxylic acids is 1. The minimum Gasteiger partial charge on any atom is -0.391 e. The molecule has 11 nitrogen and oxygen atoms in total. The molecule has 0 radical (unpaired) electrons.